The van der Waals surface area contributed by atoms with Crippen LogP contribution in [-0.4, -0.2) is 36.7 Å². The summed E-state index contributed by atoms with van der Waals surface area (Å²) >= 11 is 4.08. The molecule has 1 saturated heterocycles. The Hall–Kier alpha value is -0.550. The van der Waals surface area contributed by atoms with Crippen molar-refractivity contribution in [2.45, 2.75) is 31.5 Å². The maximum atomic E-state index is 11.9. The molecule has 4 atom stereocenters. The summed E-state index contributed by atoms with van der Waals surface area (Å²) in [5.41, 5.74) is 0. The molecule has 1 N–H and O–H groups in total. The van der Waals surface area contributed by atoms with Crippen molar-refractivity contribution >= 4 is 24.8 Å². The van der Waals surface area contributed by atoms with Crippen LogP contribution < -0.4 is 5.32 Å². The molecule has 2 fully saturated rings. The highest BCUT2D eigenvalue weighted by atomic mass is 32.1. The average Bonchev–Trinajstić information content (AvgIpc) is 3.05. The predicted molar refractivity (Wildman–Crippen MR) is 62.4 cm³/mol. The number of ether oxygens (including phenoxy) is 1. The zero-order valence-electron chi connectivity index (χ0n) is 9.09. The lowest BCUT2D eigenvalue weighted by atomic mass is 9.79. The van der Waals surface area contributed by atoms with Gasteiger partial charge in [0.25, 0.3) is 0 Å². The molecular weight excluding hydrogens is 226 g/mol. The second-order valence-electron chi connectivity index (χ2n) is 4.46. The number of fused-ring (bicyclic) bond motifs is 1. The molecule has 0 radical (unpaired) electrons. The van der Waals surface area contributed by atoms with Crippen LogP contribution >= 0.6 is 12.6 Å². The van der Waals surface area contributed by atoms with Crippen LogP contribution in [0.3, 0.4) is 0 Å². The Balaban J connectivity index is 1.85. The Kier molecular flexibility index (Phi) is 3.86. The van der Waals surface area contributed by atoms with Crippen molar-refractivity contribution in [2.24, 2.45) is 11.8 Å². The summed E-state index contributed by atoms with van der Waals surface area (Å²) in [6.45, 7) is 0.638. The molecule has 1 saturated carbocycles. The zero-order valence-corrected chi connectivity index (χ0v) is 9.99. The fourth-order valence-corrected chi connectivity index (χ4v) is 2.48. The van der Waals surface area contributed by atoms with Crippen molar-refractivity contribution in [3.8, 4) is 0 Å². The number of carbonyl (C=O) groups excluding carboxylic acids is 2. The lowest BCUT2D eigenvalue weighted by molar-refractivity contribution is -0.130. The minimum absolute atomic E-state index is 0.00664. The number of rotatable bonds is 5. The second kappa shape index (κ2) is 5.19. The topological polar surface area (TPSA) is 58.7 Å². The first-order valence-corrected chi connectivity index (χ1v) is 6.39. The molecule has 90 valence electrons. The second-order valence-corrected chi connectivity index (χ2v) is 4.91. The van der Waals surface area contributed by atoms with Gasteiger partial charge in [-0.05, 0) is 25.0 Å². The van der Waals surface area contributed by atoms with Gasteiger partial charge in [0.1, 0.15) is 6.29 Å². The number of nitrogens with one attached hydrogen (secondary N) is 1. The van der Waals surface area contributed by atoms with E-state index in [2.05, 4.69) is 17.9 Å². The number of thiol groups is 1. The molecule has 16 heavy (non-hydrogen) atoms. The van der Waals surface area contributed by atoms with Crippen molar-refractivity contribution < 1.29 is 14.3 Å². The van der Waals surface area contributed by atoms with Crippen LogP contribution in [0.1, 0.15) is 19.3 Å². The fraction of sp³-hybridized carbons (Fsp3) is 0.818. The van der Waals surface area contributed by atoms with Gasteiger partial charge in [0.2, 0.25) is 5.91 Å². The molecule has 4 nitrogen and oxygen atoms in total. The van der Waals surface area contributed by atoms with Crippen molar-refractivity contribution in [3.05, 3.63) is 0 Å². The van der Waals surface area contributed by atoms with E-state index in [-0.39, 0.29) is 30.0 Å². The molecule has 1 amide bonds. The van der Waals surface area contributed by atoms with Gasteiger partial charge in [-0.1, -0.05) is 0 Å². The molecule has 2 rings (SSSR count). The van der Waals surface area contributed by atoms with E-state index >= 15 is 0 Å². The summed E-state index contributed by atoms with van der Waals surface area (Å²) in [5.74, 6) is 0.393. The first-order chi connectivity index (χ1) is 7.76. The molecule has 2 aliphatic rings. The summed E-state index contributed by atoms with van der Waals surface area (Å²) in [5, 5.41) is 2.85. The largest absolute Gasteiger partial charge is 0.370 e. The van der Waals surface area contributed by atoms with E-state index in [0.717, 1.165) is 18.5 Å². The quantitative estimate of drug-likeness (QED) is 0.318. The van der Waals surface area contributed by atoms with E-state index in [1.807, 2.05) is 0 Å². The number of aldehydes is 1. The van der Waals surface area contributed by atoms with Crippen LogP contribution in [0.2, 0.25) is 0 Å². The van der Waals surface area contributed by atoms with Crippen LogP contribution in [-0.2, 0) is 14.3 Å². The maximum Gasteiger partial charge on any atom is 0.223 e. The van der Waals surface area contributed by atoms with Crippen molar-refractivity contribution in [3.63, 3.8) is 0 Å². The van der Waals surface area contributed by atoms with E-state index in [9.17, 15) is 9.59 Å². The monoisotopic (exact) mass is 243 g/mol. The highest BCUT2D eigenvalue weighted by Crippen LogP contribution is 2.42. The van der Waals surface area contributed by atoms with Gasteiger partial charge in [0.05, 0.1) is 12.2 Å². The number of carbonyl (C=O) groups is 2. The van der Waals surface area contributed by atoms with Crippen LogP contribution in [0.5, 0.6) is 0 Å². The van der Waals surface area contributed by atoms with Crippen molar-refractivity contribution in [2.75, 3.05) is 12.3 Å². The smallest absolute Gasteiger partial charge is 0.223 e. The highest BCUT2D eigenvalue weighted by molar-refractivity contribution is 7.80. The van der Waals surface area contributed by atoms with Gasteiger partial charge in [-0.15, -0.1) is 0 Å². The fourth-order valence-electron chi connectivity index (χ4n) is 2.33. The molecule has 0 aromatic carbocycles. The molecule has 0 bridgehead atoms. The Labute approximate surface area is 101 Å². The summed E-state index contributed by atoms with van der Waals surface area (Å²) < 4.78 is 5.36. The van der Waals surface area contributed by atoms with Gasteiger partial charge in [0.15, 0.2) is 0 Å². The summed E-state index contributed by atoms with van der Waals surface area (Å²) in [6, 6.07) is 0. The van der Waals surface area contributed by atoms with Gasteiger partial charge >= 0.3 is 0 Å². The van der Waals surface area contributed by atoms with Gasteiger partial charge in [-0.3, -0.25) is 4.79 Å². The maximum absolute atomic E-state index is 11.9. The third-order valence-electron chi connectivity index (χ3n) is 3.34. The summed E-state index contributed by atoms with van der Waals surface area (Å²) in [4.78, 5) is 22.8. The highest BCUT2D eigenvalue weighted by Gasteiger charge is 2.50. The van der Waals surface area contributed by atoms with Crippen LogP contribution in [0, 0.1) is 11.8 Å². The van der Waals surface area contributed by atoms with E-state index < -0.39 is 0 Å². The molecular formula is C11H17NO3S. The van der Waals surface area contributed by atoms with Crippen molar-refractivity contribution in [1.29, 1.82) is 0 Å². The first-order valence-electron chi connectivity index (χ1n) is 5.75. The number of amides is 1. The van der Waals surface area contributed by atoms with E-state index in [0.29, 0.717) is 19.4 Å². The van der Waals surface area contributed by atoms with E-state index in [1.54, 1.807) is 0 Å². The number of hydrogen-bond donors (Lipinski definition) is 2. The Morgan fingerprint density at radius 2 is 2.19 bits per heavy atom. The molecule has 0 aromatic rings. The normalized spacial score (nSPS) is 36.3. The summed E-state index contributed by atoms with van der Waals surface area (Å²) in [7, 11) is 0. The first kappa shape index (κ1) is 11.9. The Morgan fingerprint density at radius 3 is 2.88 bits per heavy atom. The Morgan fingerprint density at radius 1 is 1.44 bits per heavy atom. The van der Waals surface area contributed by atoms with Gasteiger partial charge in [-0.2, -0.15) is 12.6 Å². The van der Waals surface area contributed by atoms with Gasteiger partial charge in [-0.25, -0.2) is 0 Å². The molecule has 1 heterocycles. The standard InChI is InChI=1S/C11H17NO3S/c13-6-7-4-9-10(15-9)5-8(7)11(14)12-2-1-3-16/h6-10,16H,1-5H2,(H,12,14). The lowest BCUT2D eigenvalue weighted by Gasteiger charge is -2.24. The SMILES string of the molecule is O=CC1CC2OC2CC1C(=O)NCCCS. The summed E-state index contributed by atoms with van der Waals surface area (Å²) in [6.07, 6.45) is 3.62. The van der Waals surface area contributed by atoms with Crippen LogP contribution in [0.4, 0.5) is 0 Å². The average molecular weight is 243 g/mol. The minimum Gasteiger partial charge on any atom is -0.370 e. The molecule has 1 aliphatic heterocycles. The predicted octanol–water partition coefficient (Wildman–Crippen LogP) is 0.415. The zero-order chi connectivity index (χ0) is 11.5. The van der Waals surface area contributed by atoms with Crippen molar-refractivity contribution in [1.82, 2.24) is 5.32 Å². The lowest BCUT2D eigenvalue weighted by Crippen LogP contribution is -2.39. The number of hydrogen-bond acceptors (Lipinski definition) is 4. The molecule has 0 spiro atoms. The number of epoxide rings is 1. The van der Waals surface area contributed by atoms with Gasteiger partial charge < -0.3 is 14.8 Å². The van der Waals surface area contributed by atoms with Crippen LogP contribution in [0.25, 0.3) is 0 Å². The minimum atomic E-state index is -0.193. The van der Waals surface area contributed by atoms with Gasteiger partial charge in [0, 0.05) is 18.4 Å². The van der Waals surface area contributed by atoms with E-state index in [4.69, 9.17) is 4.74 Å². The van der Waals surface area contributed by atoms with E-state index in [1.165, 1.54) is 0 Å². The molecule has 5 heteroatoms. The molecule has 1 aliphatic carbocycles. The third kappa shape index (κ3) is 2.58. The van der Waals surface area contributed by atoms with Crippen LogP contribution in [0.15, 0.2) is 0 Å². The molecule has 4 unspecified atom stereocenters. The Bertz CT molecular complexity index is 284. The molecule has 0 aromatic heterocycles. The third-order valence-corrected chi connectivity index (χ3v) is 3.66.